The Morgan fingerprint density at radius 3 is 2.81 bits per heavy atom. The minimum absolute atomic E-state index is 0.189. The minimum Gasteiger partial charge on any atom is -0.377 e. The van der Waals surface area contributed by atoms with Crippen molar-refractivity contribution in [2.24, 2.45) is 11.7 Å². The van der Waals surface area contributed by atoms with Crippen LogP contribution in [-0.2, 0) is 9.53 Å². The molecule has 0 aromatic carbocycles. The number of hydrogen-bond donors (Lipinski definition) is 2. The van der Waals surface area contributed by atoms with E-state index in [2.05, 4.69) is 17.3 Å². The molecule has 1 saturated heterocycles. The summed E-state index contributed by atoms with van der Waals surface area (Å²) in [4.78, 5) is 14.2. The number of carbonyl (C=O) groups is 1. The van der Waals surface area contributed by atoms with Crippen LogP contribution in [0.2, 0.25) is 0 Å². The Balaban J connectivity index is 1.79. The first-order valence-corrected chi connectivity index (χ1v) is 8.37. The normalized spacial score (nSPS) is 33.5. The van der Waals surface area contributed by atoms with Gasteiger partial charge in [0, 0.05) is 13.2 Å². The number of carbonyl (C=O) groups excluding carboxylic acids is 1. The third-order valence-electron chi connectivity index (χ3n) is 5.36. The van der Waals surface area contributed by atoms with Crippen LogP contribution in [0.3, 0.4) is 0 Å². The van der Waals surface area contributed by atoms with E-state index in [0.29, 0.717) is 12.0 Å². The maximum atomic E-state index is 11.9. The maximum absolute atomic E-state index is 11.9. The van der Waals surface area contributed by atoms with E-state index in [4.69, 9.17) is 10.5 Å². The van der Waals surface area contributed by atoms with Gasteiger partial charge in [-0.25, -0.2) is 0 Å². The van der Waals surface area contributed by atoms with Crippen molar-refractivity contribution in [3.63, 3.8) is 0 Å². The highest BCUT2D eigenvalue weighted by molar-refractivity contribution is 5.85. The monoisotopic (exact) mass is 297 g/mol. The Labute approximate surface area is 128 Å². The zero-order valence-electron chi connectivity index (χ0n) is 13.6. The summed E-state index contributed by atoms with van der Waals surface area (Å²) in [6.07, 6.45) is 8.12. The van der Waals surface area contributed by atoms with Gasteiger partial charge >= 0.3 is 0 Å². The summed E-state index contributed by atoms with van der Waals surface area (Å²) >= 11 is 0. The summed E-state index contributed by atoms with van der Waals surface area (Å²) in [7, 11) is 4.01. The van der Waals surface area contributed by atoms with Crippen molar-refractivity contribution in [2.75, 3.05) is 33.8 Å². The fraction of sp³-hybridized carbons (Fsp3) is 0.938. The summed E-state index contributed by atoms with van der Waals surface area (Å²) in [5.41, 5.74) is 5.17. The standard InChI is InChI=1S/C16H31N3O2/c1-18-16(15(17)20)9-5-6-13(16)8-10-19(2)12-14-7-3-4-11-21-14/h13-14,18H,3-12H2,1-2H3,(H2,17,20). The number of likely N-dealkylation sites (N-methyl/N-ethyl adjacent to an activating group) is 2. The largest absolute Gasteiger partial charge is 0.377 e. The van der Waals surface area contributed by atoms with Gasteiger partial charge in [0.15, 0.2) is 0 Å². The molecule has 3 atom stereocenters. The number of hydrogen-bond acceptors (Lipinski definition) is 4. The van der Waals surface area contributed by atoms with Gasteiger partial charge in [-0.05, 0) is 65.1 Å². The molecular weight excluding hydrogens is 266 g/mol. The Bertz CT molecular complexity index is 344. The molecule has 2 aliphatic rings. The molecule has 5 heteroatoms. The van der Waals surface area contributed by atoms with E-state index in [0.717, 1.165) is 45.4 Å². The van der Waals surface area contributed by atoms with Crippen LogP contribution in [-0.4, -0.2) is 56.2 Å². The lowest BCUT2D eigenvalue weighted by Gasteiger charge is -2.34. The fourth-order valence-corrected chi connectivity index (χ4v) is 4.01. The Hall–Kier alpha value is -0.650. The van der Waals surface area contributed by atoms with Crippen LogP contribution in [0.4, 0.5) is 0 Å². The van der Waals surface area contributed by atoms with E-state index in [1.54, 1.807) is 0 Å². The molecule has 1 saturated carbocycles. The quantitative estimate of drug-likeness (QED) is 0.739. The minimum atomic E-state index is -0.484. The molecule has 2 rings (SSSR count). The molecule has 3 N–H and O–H groups in total. The highest BCUT2D eigenvalue weighted by Gasteiger charge is 2.46. The Kier molecular flexibility index (Phi) is 6.02. The van der Waals surface area contributed by atoms with E-state index >= 15 is 0 Å². The number of amides is 1. The van der Waals surface area contributed by atoms with Crippen molar-refractivity contribution in [3.8, 4) is 0 Å². The van der Waals surface area contributed by atoms with Gasteiger partial charge in [-0.15, -0.1) is 0 Å². The van der Waals surface area contributed by atoms with Crippen molar-refractivity contribution in [1.29, 1.82) is 0 Å². The van der Waals surface area contributed by atoms with Crippen LogP contribution in [0, 0.1) is 5.92 Å². The van der Waals surface area contributed by atoms with E-state index < -0.39 is 5.54 Å². The van der Waals surface area contributed by atoms with Crippen LogP contribution in [0.25, 0.3) is 0 Å². The Morgan fingerprint density at radius 1 is 1.38 bits per heavy atom. The summed E-state index contributed by atoms with van der Waals surface area (Å²) in [6.45, 7) is 2.91. The Morgan fingerprint density at radius 2 is 2.19 bits per heavy atom. The molecule has 3 unspecified atom stereocenters. The van der Waals surface area contributed by atoms with Crippen LogP contribution in [0.1, 0.15) is 44.9 Å². The summed E-state index contributed by atoms with van der Waals surface area (Å²) < 4.78 is 5.79. The van der Waals surface area contributed by atoms with E-state index in [9.17, 15) is 4.79 Å². The molecule has 0 radical (unpaired) electrons. The second-order valence-electron chi connectivity index (χ2n) is 6.71. The molecule has 122 valence electrons. The zero-order chi connectivity index (χ0) is 15.3. The molecule has 0 aromatic heterocycles. The number of nitrogens with one attached hydrogen (secondary N) is 1. The van der Waals surface area contributed by atoms with Crippen molar-refractivity contribution in [2.45, 2.75) is 56.6 Å². The number of primary amides is 1. The molecule has 2 fully saturated rings. The molecule has 0 bridgehead atoms. The molecule has 0 spiro atoms. The van der Waals surface area contributed by atoms with Crippen LogP contribution >= 0.6 is 0 Å². The maximum Gasteiger partial charge on any atom is 0.238 e. The van der Waals surface area contributed by atoms with Gasteiger partial charge < -0.3 is 20.7 Å². The molecular formula is C16H31N3O2. The van der Waals surface area contributed by atoms with Crippen molar-refractivity contribution in [1.82, 2.24) is 10.2 Å². The average molecular weight is 297 g/mol. The van der Waals surface area contributed by atoms with Crippen molar-refractivity contribution in [3.05, 3.63) is 0 Å². The lowest BCUT2D eigenvalue weighted by molar-refractivity contribution is -0.125. The topological polar surface area (TPSA) is 67.6 Å². The lowest BCUT2D eigenvalue weighted by atomic mass is 9.84. The first kappa shape index (κ1) is 16.7. The molecule has 0 aromatic rings. The van der Waals surface area contributed by atoms with Gasteiger partial charge in [0.2, 0.25) is 5.91 Å². The molecule has 1 heterocycles. The van der Waals surface area contributed by atoms with Gasteiger partial charge in [0.25, 0.3) is 0 Å². The summed E-state index contributed by atoms with van der Waals surface area (Å²) in [5.74, 6) is 0.167. The number of rotatable bonds is 7. The van der Waals surface area contributed by atoms with Crippen LogP contribution in [0.15, 0.2) is 0 Å². The van der Waals surface area contributed by atoms with Gasteiger partial charge in [0.1, 0.15) is 5.54 Å². The number of nitrogens with two attached hydrogens (primary N) is 1. The van der Waals surface area contributed by atoms with Crippen molar-refractivity contribution < 1.29 is 9.53 Å². The first-order valence-electron chi connectivity index (χ1n) is 8.37. The van der Waals surface area contributed by atoms with Gasteiger partial charge in [-0.3, -0.25) is 4.79 Å². The van der Waals surface area contributed by atoms with E-state index in [1.807, 2.05) is 7.05 Å². The highest BCUT2D eigenvalue weighted by atomic mass is 16.5. The first-order chi connectivity index (χ1) is 10.1. The van der Waals surface area contributed by atoms with Crippen LogP contribution < -0.4 is 11.1 Å². The van der Waals surface area contributed by atoms with E-state index in [1.165, 1.54) is 19.3 Å². The van der Waals surface area contributed by atoms with Crippen molar-refractivity contribution >= 4 is 5.91 Å². The molecule has 1 aliphatic heterocycles. The van der Waals surface area contributed by atoms with Gasteiger partial charge in [-0.1, -0.05) is 6.42 Å². The predicted molar refractivity (Wildman–Crippen MR) is 84.0 cm³/mol. The smallest absolute Gasteiger partial charge is 0.238 e. The predicted octanol–water partition coefficient (Wildman–Crippen LogP) is 1.12. The fourth-order valence-electron chi connectivity index (χ4n) is 4.01. The molecule has 1 aliphatic carbocycles. The lowest BCUT2D eigenvalue weighted by Crippen LogP contribution is -2.56. The third kappa shape index (κ3) is 3.96. The zero-order valence-corrected chi connectivity index (χ0v) is 13.6. The SMILES string of the molecule is CNC1(C(N)=O)CCCC1CCN(C)CC1CCCCO1. The summed E-state index contributed by atoms with van der Waals surface area (Å²) in [6, 6.07) is 0. The van der Waals surface area contributed by atoms with Gasteiger partial charge in [-0.2, -0.15) is 0 Å². The van der Waals surface area contributed by atoms with E-state index in [-0.39, 0.29) is 5.91 Å². The second kappa shape index (κ2) is 7.56. The average Bonchev–Trinajstić information content (AvgIpc) is 2.90. The highest BCUT2D eigenvalue weighted by Crippen LogP contribution is 2.37. The van der Waals surface area contributed by atoms with Crippen LogP contribution in [0.5, 0.6) is 0 Å². The van der Waals surface area contributed by atoms with Gasteiger partial charge in [0.05, 0.1) is 6.10 Å². The summed E-state index contributed by atoms with van der Waals surface area (Å²) in [5, 5.41) is 3.21. The second-order valence-corrected chi connectivity index (χ2v) is 6.71. The number of ether oxygens (including phenoxy) is 1. The molecule has 1 amide bonds. The molecule has 5 nitrogen and oxygen atoms in total. The molecule has 21 heavy (non-hydrogen) atoms. The number of nitrogens with zero attached hydrogens (tertiary/aromatic N) is 1. The third-order valence-corrected chi connectivity index (χ3v) is 5.36.